The molecule has 0 bridgehead atoms. The van der Waals surface area contributed by atoms with Crippen LogP contribution in [0.3, 0.4) is 0 Å². The molecule has 2 N–H and O–H groups in total. The van der Waals surface area contributed by atoms with Crippen LogP contribution in [0.2, 0.25) is 0 Å². The third-order valence-corrected chi connectivity index (χ3v) is 7.30. The van der Waals surface area contributed by atoms with Crippen molar-refractivity contribution in [3.8, 4) is 17.0 Å². The number of methoxy groups -OCH3 is 1. The van der Waals surface area contributed by atoms with Crippen molar-refractivity contribution in [3.63, 3.8) is 0 Å². The van der Waals surface area contributed by atoms with Crippen molar-refractivity contribution < 1.29 is 27.4 Å². The second-order valence-corrected chi connectivity index (χ2v) is 9.30. The molecule has 2 aliphatic heterocycles. The van der Waals surface area contributed by atoms with E-state index in [0.29, 0.717) is 36.7 Å². The van der Waals surface area contributed by atoms with E-state index in [1.54, 1.807) is 18.2 Å². The zero-order valence-corrected chi connectivity index (χ0v) is 18.1. The Morgan fingerprint density at radius 1 is 1.29 bits per heavy atom. The van der Waals surface area contributed by atoms with E-state index in [0.717, 1.165) is 19.4 Å². The first-order valence-corrected chi connectivity index (χ1v) is 11.6. The Morgan fingerprint density at radius 2 is 2.10 bits per heavy atom. The van der Waals surface area contributed by atoms with Crippen LogP contribution in [-0.4, -0.2) is 81.5 Å². The number of hydrogen-bond acceptors (Lipinski definition) is 7. The smallest absolute Gasteiger partial charge is 0.269 e. The summed E-state index contributed by atoms with van der Waals surface area (Å²) in [4.78, 5) is 12.5. The monoisotopic (exact) mass is 450 g/mol. The van der Waals surface area contributed by atoms with E-state index >= 15 is 0 Å². The van der Waals surface area contributed by atoms with Gasteiger partial charge in [-0.2, -0.15) is 9.40 Å². The lowest BCUT2D eigenvalue weighted by molar-refractivity contribution is 0.0729. The number of carbonyl (C=O) groups excluding carboxylic acids is 1. The van der Waals surface area contributed by atoms with Crippen molar-refractivity contribution in [1.82, 2.24) is 19.8 Å². The lowest BCUT2D eigenvalue weighted by Gasteiger charge is -2.26. The summed E-state index contributed by atoms with van der Waals surface area (Å²) in [5, 5.41) is 9.74. The average molecular weight is 451 g/mol. The van der Waals surface area contributed by atoms with Crippen molar-refractivity contribution in [3.05, 3.63) is 30.0 Å². The van der Waals surface area contributed by atoms with Gasteiger partial charge in [0.2, 0.25) is 10.0 Å². The Balaban J connectivity index is 1.55. The van der Waals surface area contributed by atoms with E-state index in [1.807, 2.05) is 0 Å². The van der Waals surface area contributed by atoms with Gasteiger partial charge < -0.3 is 19.5 Å². The van der Waals surface area contributed by atoms with Gasteiger partial charge in [-0.25, -0.2) is 8.42 Å². The Morgan fingerprint density at radius 3 is 2.81 bits per heavy atom. The fourth-order valence-electron chi connectivity index (χ4n) is 3.66. The first-order valence-electron chi connectivity index (χ1n) is 10.2. The van der Waals surface area contributed by atoms with Gasteiger partial charge >= 0.3 is 0 Å². The first-order chi connectivity index (χ1) is 15.0. The standard InChI is InChI=1S/C20H26N4O6S/c1-28-18-5-4-14(11-19(18)31(26,27)24-6-9-29-10-7-24)16-12-17(23-22-16)20(25)21-13-15-3-2-8-30-15/h4-5,11-12,15H,2-3,6-10,13H2,1H3,(H,21,25)(H,22,23). The number of benzene rings is 1. The third kappa shape index (κ3) is 4.74. The Kier molecular flexibility index (Phi) is 6.56. The normalized spacial score (nSPS) is 20.0. The summed E-state index contributed by atoms with van der Waals surface area (Å²) in [6.07, 6.45) is 1.98. The SMILES string of the molecule is COc1ccc(-c2cc(C(=O)NCC3CCCO3)[nH]n2)cc1S(=O)(=O)N1CCOCC1. The van der Waals surface area contributed by atoms with E-state index in [1.165, 1.54) is 17.5 Å². The van der Waals surface area contributed by atoms with Gasteiger partial charge in [-0.15, -0.1) is 0 Å². The number of rotatable bonds is 7. The van der Waals surface area contributed by atoms with Crippen molar-refractivity contribution in [1.29, 1.82) is 0 Å². The van der Waals surface area contributed by atoms with Crippen LogP contribution >= 0.6 is 0 Å². The molecule has 3 heterocycles. The number of H-pyrrole nitrogens is 1. The molecule has 2 saturated heterocycles. The van der Waals surface area contributed by atoms with Crippen LogP contribution in [0, 0.1) is 0 Å². The van der Waals surface area contributed by atoms with Crippen LogP contribution < -0.4 is 10.1 Å². The number of aromatic nitrogens is 2. The number of amides is 1. The summed E-state index contributed by atoms with van der Waals surface area (Å²) in [7, 11) is -2.34. The molecule has 1 amide bonds. The molecule has 1 unspecified atom stereocenters. The predicted octanol–water partition coefficient (Wildman–Crippen LogP) is 1.02. The number of nitrogens with zero attached hydrogens (tertiary/aromatic N) is 2. The van der Waals surface area contributed by atoms with Crippen molar-refractivity contribution in [2.24, 2.45) is 0 Å². The molecule has 2 aliphatic rings. The van der Waals surface area contributed by atoms with Gasteiger partial charge in [0.25, 0.3) is 5.91 Å². The first kappa shape index (κ1) is 21.8. The number of nitrogens with one attached hydrogen (secondary N) is 2. The molecule has 10 nitrogen and oxygen atoms in total. The second kappa shape index (κ2) is 9.35. The molecule has 1 aromatic carbocycles. The molecule has 1 aromatic heterocycles. The van der Waals surface area contributed by atoms with Crippen molar-refractivity contribution >= 4 is 15.9 Å². The van der Waals surface area contributed by atoms with Gasteiger partial charge in [0, 0.05) is 31.8 Å². The van der Waals surface area contributed by atoms with E-state index in [2.05, 4.69) is 15.5 Å². The minimum Gasteiger partial charge on any atom is -0.495 e. The molecule has 1 atom stereocenters. The Hall–Kier alpha value is -2.47. The fraction of sp³-hybridized carbons (Fsp3) is 0.500. The molecule has 0 aliphatic carbocycles. The molecule has 2 aromatic rings. The van der Waals surface area contributed by atoms with Crippen LogP contribution in [0.1, 0.15) is 23.3 Å². The number of hydrogen-bond donors (Lipinski definition) is 2. The lowest BCUT2D eigenvalue weighted by atomic mass is 10.1. The van der Waals surface area contributed by atoms with Gasteiger partial charge in [0.1, 0.15) is 16.3 Å². The number of aromatic amines is 1. The van der Waals surface area contributed by atoms with E-state index < -0.39 is 10.0 Å². The Labute approximate surface area is 180 Å². The summed E-state index contributed by atoms with van der Waals surface area (Å²) < 4.78 is 43.8. The summed E-state index contributed by atoms with van der Waals surface area (Å²) in [5.41, 5.74) is 1.31. The fourth-order valence-corrected chi connectivity index (χ4v) is 5.25. The molecule has 0 spiro atoms. The molecule has 31 heavy (non-hydrogen) atoms. The van der Waals surface area contributed by atoms with Gasteiger partial charge in [-0.3, -0.25) is 9.89 Å². The molecule has 4 rings (SSSR count). The number of sulfonamides is 1. The number of carbonyl (C=O) groups is 1. The summed E-state index contributed by atoms with van der Waals surface area (Å²) in [5.74, 6) is -0.0377. The summed E-state index contributed by atoms with van der Waals surface area (Å²) in [6, 6.07) is 6.42. The summed E-state index contributed by atoms with van der Waals surface area (Å²) in [6.45, 7) is 2.44. The highest BCUT2D eigenvalue weighted by molar-refractivity contribution is 7.89. The number of morpholine rings is 1. The lowest BCUT2D eigenvalue weighted by Crippen LogP contribution is -2.40. The highest BCUT2D eigenvalue weighted by atomic mass is 32.2. The quantitative estimate of drug-likeness (QED) is 0.645. The van der Waals surface area contributed by atoms with Crippen molar-refractivity contribution in [2.45, 2.75) is 23.8 Å². The molecule has 0 saturated carbocycles. The zero-order valence-electron chi connectivity index (χ0n) is 17.3. The molecule has 0 radical (unpaired) electrons. The van der Waals surface area contributed by atoms with E-state index in [4.69, 9.17) is 14.2 Å². The van der Waals surface area contributed by atoms with Gasteiger partial charge in [0.15, 0.2) is 0 Å². The van der Waals surface area contributed by atoms with Gasteiger partial charge in [-0.1, -0.05) is 0 Å². The molecular weight excluding hydrogens is 424 g/mol. The minimum atomic E-state index is -3.77. The molecule has 168 valence electrons. The van der Waals surface area contributed by atoms with Crippen LogP contribution in [0.15, 0.2) is 29.2 Å². The summed E-state index contributed by atoms with van der Waals surface area (Å²) >= 11 is 0. The minimum absolute atomic E-state index is 0.0425. The molecule has 11 heteroatoms. The van der Waals surface area contributed by atoms with Gasteiger partial charge in [0.05, 0.1) is 32.1 Å². The maximum absolute atomic E-state index is 13.2. The Bertz CT molecular complexity index is 1030. The van der Waals surface area contributed by atoms with E-state index in [-0.39, 0.29) is 35.7 Å². The van der Waals surface area contributed by atoms with Gasteiger partial charge in [-0.05, 0) is 37.1 Å². The average Bonchev–Trinajstić information content (AvgIpc) is 3.50. The topological polar surface area (TPSA) is 123 Å². The van der Waals surface area contributed by atoms with Crippen LogP contribution in [0.25, 0.3) is 11.3 Å². The number of ether oxygens (including phenoxy) is 3. The highest BCUT2D eigenvalue weighted by Gasteiger charge is 2.30. The molecule has 2 fully saturated rings. The van der Waals surface area contributed by atoms with E-state index in [9.17, 15) is 13.2 Å². The highest BCUT2D eigenvalue weighted by Crippen LogP contribution is 2.31. The molecular formula is C20H26N4O6S. The largest absolute Gasteiger partial charge is 0.495 e. The maximum Gasteiger partial charge on any atom is 0.269 e. The van der Waals surface area contributed by atoms with Crippen molar-refractivity contribution in [2.75, 3.05) is 46.6 Å². The zero-order chi connectivity index (χ0) is 21.8. The predicted molar refractivity (Wildman–Crippen MR) is 111 cm³/mol. The third-order valence-electron chi connectivity index (χ3n) is 5.38. The maximum atomic E-state index is 13.2. The van der Waals surface area contributed by atoms with Crippen LogP contribution in [0.5, 0.6) is 5.75 Å². The van der Waals surface area contributed by atoms with Crippen LogP contribution in [-0.2, 0) is 19.5 Å². The second-order valence-electron chi connectivity index (χ2n) is 7.39. The van der Waals surface area contributed by atoms with Crippen LogP contribution in [0.4, 0.5) is 0 Å².